The van der Waals surface area contributed by atoms with Crippen molar-refractivity contribution < 1.29 is 9.53 Å². The maximum atomic E-state index is 11.6. The highest BCUT2D eigenvalue weighted by Gasteiger charge is 2.02. The first kappa shape index (κ1) is 14.0. The zero-order valence-corrected chi connectivity index (χ0v) is 11.2. The Morgan fingerprint density at radius 3 is 2.90 bits per heavy atom. The number of pyridine rings is 2. The largest absolute Gasteiger partial charge is 0.492 e. The molecule has 0 aliphatic heterocycles. The van der Waals surface area contributed by atoms with Crippen LogP contribution in [0.2, 0.25) is 0 Å². The monoisotopic (exact) mass is 271 g/mol. The number of rotatable bonds is 7. The fourth-order valence-electron chi connectivity index (χ4n) is 1.64. The molecule has 2 heterocycles. The third-order valence-corrected chi connectivity index (χ3v) is 2.64. The molecule has 2 aromatic heterocycles. The summed E-state index contributed by atoms with van der Waals surface area (Å²) in [4.78, 5) is 19.7. The van der Waals surface area contributed by atoms with Gasteiger partial charge in [-0.05, 0) is 30.7 Å². The summed E-state index contributed by atoms with van der Waals surface area (Å²) >= 11 is 0. The molecule has 5 nitrogen and oxygen atoms in total. The van der Waals surface area contributed by atoms with Gasteiger partial charge in [0.05, 0.1) is 25.0 Å². The number of amides is 1. The molecule has 0 aliphatic carbocycles. The minimum absolute atomic E-state index is 0.00504. The van der Waals surface area contributed by atoms with E-state index in [4.69, 9.17) is 4.74 Å². The fraction of sp³-hybridized carbons (Fsp3) is 0.267. The maximum Gasteiger partial charge on any atom is 0.220 e. The summed E-state index contributed by atoms with van der Waals surface area (Å²) in [5.41, 5.74) is 0.854. The minimum atomic E-state index is 0.00504. The van der Waals surface area contributed by atoms with Crippen LogP contribution in [0.5, 0.6) is 5.75 Å². The Morgan fingerprint density at radius 2 is 2.15 bits per heavy atom. The lowest BCUT2D eigenvalue weighted by atomic mass is 10.3. The van der Waals surface area contributed by atoms with Gasteiger partial charge in [0.15, 0.2) is 0 Å². The van der Waals surface area contributed by atoms with Crippen LogP contribution >= 0.6 is 0 Å². The molecule has 104 valence electrons. The molecule has 0 aliphatic rings. The van der Waals surface area contributed by atoms with E-state index < -0.39 is 0 Å². The molecule has 0 spiro atoms. The van der Waals surface area contributed by atoms with Crippen molar-refractivity contribution in [2.45, 2.75) is 19.4 Å². The molecule has 0 atom stereocenters. The summed E-state index contributed by atoms with van der Waals surface area (Å²) in [5, 5.41) is 2.83. The summed E-state index contributed by atoms with van der Waals surface area (Å²) in [5.74, 6) is 0.729. The fourth-order valence-corrected chi connectivity index (χ4v) is 1.64. The second kappa shape index (κ2) is 7.89. The number of nitrogens with one attached hydrogen (secondary N) is 1. The zero-order chi connectivity index (χ0) is 14.0. The van der Waals surface area contributed by atoms with E-state index in [1.54, 1.807) is 18.6 Å². The molecular weight excluding hydrogens is 254 g/mol. The lowest BCUT2D eigenvalue weighted by molar-refractivity contribution is -0.121. The molecule has 2 aromatic rings. The number of aromatic nitrogens is 2. The van der Waals surface area contributed by atoms with E-state index in [9.17, 15) is 4.79 Å². The Hall–Kier alpha value is -2.43. The average Bonchev–Trinajstić information content (AvgIpc) is 2.52. The van der Waals surface area contributed by atoms with Crippen molar-refractivity contribution in [1.29, 1.82) is 0 Å². The lowest BCUT2D eigenvalue weighted by Crippen LogP contribution is -2.23. The van der Waals surface area contributed by atoms with E-state index in [1.807, 2.05) is 30.3 Å². The number of nitrogens with zero attached hydrogens (tertiary/aromatic N) is 2. The predicted molar refractivity (Wildman–Crippen MR) is 75.0 cm³/mol. The maximum absolute atomic E-state index is 11.6. The van der Waals surface area contributed by atoms with Gasteiger partial charge in [0, 0.05) is 18.8 Å². The normalized spacial score (nSPS) is 10.0. The third kappa shape index (κ3) is 5.06. The second-order valence-electron chi connectivity index (χ2n) is 4.24. The van der Waals surface area contributed by atoms with Crippen molar-refractivity contribution in [2.75, 3.05) is 6.61 Å². The van der Waals surface area contributed by atoms with E-state index in [1.165, 1.54) is 0 Å². The van der Waals surface area contributed by atoms with Crippen molar-refractivity contribution >= 4 is 5.91 Å². The van der Waals surface area contributed by atoms with Gasteiger partial charge in [-0.15, -0.1) is 0 Å². The van der Waals surface area contributed by atoms with Crippen LogP contribution in [0.25, 0.3) is 0 Å². The summed E-state index contributed by atoms with van der Waals surface area (Å²) in [7, 11) is 0. The van der Waals surface area contributed by atoms with Crippen molar-refractivity contribution in [3.63, 3.8) is 0 Å². The smallest absolute Gasteiger partial charge is 0.220 e. The Labute approximate surface area is 118 Å². The summed E-state index contributed by atoms with van der Waals surface area (Å²) in [6.07, 6.45) is 6.17. The Balaban J connectivity index is 1.59. The quantitative estimate of drug-likeness (QED) is 0.782. The zero-order valence-electron chi connectivity index (χ0n) is 11.2. The van der Waals surface area contributed by atoms with E-state index >= 15 is 0 Å². The van der Waals surface area contributed by atoms with Crippen molar-refractivity contribution in [3.05, 3.63) is 54.6 Å². The molecule has 0 unspecified atom stereocenters. The van der Waals surface area contributed by atoms with E-state index in [-0.39, 0.29) is 5.91 Å². The van der Waals surface area contributed by atoms with Crippen LogP contribution < -0.4 is 10.1 Å². The van der Waals surface area contributed by atoms with Crippen molar-refractivity contribution in [2.24, 2.45) is 0 Å². The summed E-state index contributed by atoms with van der Waals surface area (Å²) < 4.78 is 5.46. The second-order valence-corrected chi connectivity index (χ2v) is 4.24. The molecule has 0 saturated heterocycles. The molecule has 1 amide bonds. The van der Waals surface area contributed by atoms with E-state index in [0.29, 0.717) is 26.0 Å². The first-order chi connectivity index (χ1) is 9.84. The molecule has 0 bridgehead atoms. The highest BCUT2D eigenvalue weighted by Crippen LogP contribution is 2.06. The summed E-state index contributed by atoms with van der Waals surface area (Å²) in [6, 6.07) is 9.28. The van der Waals surface area contributed by atoms with Crippen LogP contribution in [-0.4, -0.2) is 22.5 Å². The van der Waals surface area contributed by atoms with Crippen LogP contribution in [0.15, 0.2) is 48.9 Å². The van der Waals surface area contributed by atoms with Crippen LogP contribution in [0.4, 0.5) is 0 Å². The number of hydrogen-bond acceptors (Lipinski definition) is 4. The molecule has 20 heavy (non-hydrogen) atoms. The van der Waals surface area contributed by atoms with Gasteiger partial charge < -0.3 is 10.1 Å². The topological polar surface area (TPSA) is 64.1 Å². The van der Waals surface area contributed by atoms with Crippen molar-refractivity contribution in [1.82, 2.24) is 15.3 Å². The first-order valence-electron chi connectivity index (χ1n) is 6.54. The molecule has 5 heteroatoms. The number of carbonyl (C=O) groups is 1. The van der Waals surface area contributed by atoms with Crippen LogP contribution in [-0.2, 0) is 11.3 Å². The van der Waals surface area contributed by atoms with Crippen LogP contribution in [0, 0.1) is 0 Å². The van der Waals surface area contributed by atoms with Gasteiger partial charge in [-0.1, -0.05) is 6.07 Å². The summed E-state index contributed by atoms with van der Waals surface area (Å²) in [6.45, 7) is 0.964. The van der Waals surface area contributed by atoms with Gasteiger partial charge >= 0.3 is 0 Å². The number of hydrogen-bond donors (Lipinski definition) is 1. The Morgan fingerprint density at radius 1 is 1.20 bits per heavy atom. The van der Waals surface area contributed by atoms with E-state index in [2.05, 4.69) is 15.3 Å². The van der Waals surface area contributed by atoms with E-state index in [0.717, 1.165) is 11.4 Å². The van der Waals surface area contributed by atoms with Gasteiger partial charge in [0.2, 0.25) is 5.91 Å². The van der Waals surface area contributed by atoms with Crippen molar-refractivity contribution in [3.8, 4) is 5.75 Å². The first-order valence-corrected chi connectivity index (χ1v) is 6.54. The molecule has 0 aromatic carbocycles. The third-order valence-electron chi connectivity index (χ3n) is 2.64. The molecule has 1 N–H and O–H groups in total. The molecular formula is C15H17N3O2. The Bertz CT molecular complexity index is 517. The highest BCUT2D eigenvalue weighted by molar-refractivity contribution is 5.75. The van der Waals surface area contributed by atoms with Crippen LogP contribution in [0.1, 0.15) is 18.5 Å². The lowest BCUT2D eigenvalue weighted by Gasteiger charge is -2.06. The molecule has 0 radical (unpaired) electrons. The minimum Gasteiger partial charge on any atom is -0.492 e. The Kier molecular flexibility index (Phi) is 5.52. The number of carbonyl (C=O) groups excluding carboxylic acids is 1. The van der Waals surface area contributed by atoms with Gasteiger partial charge in [-0.2, -0.15) is 0 Å². The average molecular weight is 271 g/mol. The molecule has 0 fully saturated rings. The van der Waals surface area contributed by atoms with Gasteiger partial charge in [0.25, 0.3) is 0 Å². The highest BCUT2D eigenvalue weighted by atomic mass is 16.5. The predicted octanol–water partition coefficient (Wildman–Crippen LogP) is 1.95. The van der Waals surface area contributed by atoms with Gasteiger partial charge in [-0.25, -0.2) is 0 Å². The SMILES string of the molecule is O=C(CCCOc1cccnc1)NCc1ccccn1. The standard InChI is InChI=1S/C15H17N3O2/c19-15(18-11-13-5-1-2-9-17-13)7-4-10-20-14-6-3-8-16-12-14/h1-3,5-6,8-9,12H,4,7,10-11H2,(H,18,19). The van der Waals surface area contributed by atoms with Crippen LogP contribution in [0.3, 0.4) is 0 Å². The molecule has 2 rings (SSSR count). The molecule has 0 saturated carbocycles. The van der Waals surface area contributed by atoms with Gasteiger partial charge in [-0.3, -0.25) is 14.8 Å². The van der Waals surface area contributed by atoms with Gasteiger partial charge in [0.1, 0.15) is 5.75 Å². The number of ether oxygens (including phenoxy) is 1.